The van der Waals surface area contributed by atoms with Crippen molar-refractivity contribution in [2.75, 3.05) is 51.6 Å². The summed E-state index contributed by atoms with van der Waals surface area (Å²) in [6, 6.07) is 6.24. The summed E-state index contributed by atoms with van der Waals surface area (Å²) in [4.78, 5) is 36.1. The Morgan fingerprint density at radius 3 is 2.33 bits per heavy atom. The SMILES string of the molecule is Cc1cccc(-n2ccnc2SCC(=O)N2CCN(CC(=O)N3CCCCCC3)CC2)c1C. The number of benzene rings is 1. The molecule has 2 aromatic rings. The van der Waals surface area contributed by atoms with Gasteiger partial charge in [-0.3, -0.25) is 19.1 Å². The second-order valence-corrected chi connectivity index (χ2v) is 9.98. The zero-order valence-corrected chi connectivity index (χ0v) is 20.6. The average molecular weight is 470 g/mol. The lowest BCUT2D eigenvalue weighted by molar-refractivity contribution is -0.134. The largest absolute Gasteiger partial charge is 0.342 e. The first-order valence-corrected chi connectivity index (χ1v) is 13.0. The molecule has 0 N–H and O–H groups in total. The highest BCUT2D eigenvalue weighted by Crippen LogP contribution is 2.24. The predicted molar refractivity (Wildman–Crippen MR) is 132 cm³/mol. The van der Waals surface area contributed by atoms with Gasteiger partial charge in [0.2, 0.25) is 11.8 Å². The van der Waals surface area contributed by atoms with Gasteiger partial charge < -0.3 is 9.80 Å². The van der Waals surface area contributed by atoms with Crippen LogP contribution in [0.4, 0.5) is 0 Å². The van der Waals surface area contributed by atoms with Gasteiger partial charge in [-0.15, -0.1) is 0 Å². The summed E-state index contributed by atoms with van der Waals surface area (Å²) < 4.78 is 2.06. The molecule has 0 bridgehead atoms. The maximum Gasteiger partial charge on any atom is 0.236 e. The fourth-order valence-corrected chi connectivity index (χ4v) is 5.43. The normalized spacial score (nSPS) is 17.8. The van der Waals surface area contributed by atoms with E-state index in [1.54, 1.807) is 6.20 Å². The first-order chi connectivity index (χ1) is 16.0. The predicted octanol–water partition coefficient (Wildman–Crippen LogP) is 3.13. The van der Waals surface area contributed by atoms with Gasteiger partial charge in [0.05, 0.1) is 18.0 Å². The van der Waals surface area contributed by atoms with Crippen LogP contribution in [-0.2, 0) is 9.59 Å². The Morgan fingerprint density at radius 2 is 1.61 bits per heavy atom. The fraction of sp³-hybridized carbons (Fsp3) is 0.560. The van der Waals surface area contributed by atoms with Crippen LogP contribution in [0.5, 0.6) is 0 Å². The third kappa shape index (κ3) is 5.98. The standard InChI is InChI=1S/C25H35N5O2S/c1-20-8-7-9-22(21(20)2)30-13-10-26-25(30)33-19-24(32)29-16-14-27(15-17-29)18-23(31)28-11-5-3-4-6-12-28/h7-10,13H,3-6,11-12,14-19H2,1-2H3. The van der Waals surface area contributed by atoms with Gasteiger partial charge in [-0.2, -0.15) is 0 Å². The number of nitrogens with zero attached hydrogens (tertiary/aromatic N) is 5. The summed E-state index contributed by atoms with van der Waals surface area (Å²) in [5.74, 6) is 0.744. The minimum atomic E-state index is 0.133. The van der Waals surface area contributed by atoms with Crippen LogP contribution in [0.15, 0.2) is 35.7 Å². The lowest BCUT2D eigenvalue weighted by atomic mass is 10.1. The molecule has 2 fully saturated rings. The second-order valence-electron chi connectivity index (χ2n) is 9.04. The van der Waals surface area contributed by atoms with Crippen LogP contribution in [0.1, 0.15) is 36.8 Å². The van der Waals surface area contributed by atoms with E-state index in [0.29, 0.717) is 25.4 Å². The Balaban J connectivity index is 1.25. The summed E-state index contributed by atoms with van der Waals surface area (Å²) >= 11 is 1.48. The molecule has 2 aliphatic rings. The summed E-state index contributed by atoms with van der Waals surface area (Å²) in [6.07, 6.45) is 8.44. The molecule has 2 saturated heterocycles. The monoisotopic (exact) mass is 469 g/mol. The van der Waals surface area contributed by atoms with Crippen molar-refractivity contribution in [3.05, 3.63) is 41.7 Å². The summed E-state index contributed by atoms with van der Waals surface area (Å²) in [7, 11) is 0. The number of amides is 2. The topological polar surface area (TPSA) is 61.7 Å². The fourth-order valence-electron chi connectivity index (χ4n) is 4.56. The van der Waals surface area contributed by atoms with E-state index in [1.165, 1.54) is 35.7 Å². The molecule has 2 amide bonds. The van der Waals surface area contributed by atoms with Gasteiger partial charge in [0, 0.05) is 51.7 Å². The molecule has 2 aliphatic heterocycles. The Hall–Kier alpha value is -2.32. The van der Waals surface area contributed by atoms with Gasteiger partial charge in [-0.05, 0) is 43.9 Å². The van der Waals surface area contributed by atoms with Crippen molar-refractivity contribution in [2.24, 2.45) is 0 Å². The summed E-state index contributed by atoms with van der Waals surface area (Å²) in [5, 5.41) is 0.832. The molecule has 4 rings (SSSR count). The van der Waals surface area contributed by atoms with Gasteiger partial charge in [-0.25, -0.2) is 4.98 Å². The first kappa shape index (κ1) is 23.8. The van der Waals surface area contributed by atoms with Gasteiger partial charge >= 0.3 is 0 Å². The molecule has 0 radical (unpaired) electrons. The molecule has 0 aliphatic carbocycles. The highest BCUT2D eigenvalue weighted by atomic mass is 32.2. The van der Waals surface area contributed by atoms with Gasteiger partial charge in [-0.1, -0.05) is 36.7 Å². The van der Waals surface area contributed by atoms with Gasteiger partial charge in [0.25, 0.3) is 0 Å². The number of piperazine rings is 1. The highest BCUT2D eigenvalue weighted by molar-refractivity contribution is 7.99. The molecular formula is C25H35N5O2S. The van der Waals surface area contributed by atoms with E-state index >= 15 is 0 Å². The highest BCUT2D eigenvalue weighted by Gasteiger charge is 2.25. The Labute approximate surface area is 201 Å². The van der Waals surface area contributed by atoms with E-state index in [9.17, 15) is 9.59 Å². The maximum absolute atomic E-state index is 12.9. The van der Waals surface area contributed by atoms with Crippen molar-refractivity contribution in [1.29, 1.82) is 0 Å². The third-order valence-electron chi connectivity index (χ3n) is 6.81. The number of carbonyl (C=O) groups is 2. The molecule has 7 nitrogen and oxygen atoms in total. The van der Waals surface area contributed by atoms with Crippen molar-refractivity contribution < 1.29 is 9.59 Å². The van der Waals surface area contributed by atoms with Gasteiger partial charge in [0.15, 0.2) is 5.16 Å². The van der Waals surface area contributed by atoms with E-state index in [2.05, 4.69) is 40.4 Å². The molecule has 0 spiro atoms. The summed E-state index contributed by atoms with van der Waals surface area (Å²) in [6.45, 7) is 9.35. The van der Waals surface area contributed by atoms with Crippen molar-refractivity contribution in [2.45, 2.75) is 44.7 Å². The Morgan fingerprint density at radius 1 is 0.909 bits per heavy atom. The van der Waals surface area contributed by atoms with Crippen molar-refractivity contribution in [3.8, 4) is 5.69 Å². The summed E-state index contributed by atoms with van der Waals surface area (Å²) in [5.41, 5.74) is 3.56. The van der Waals surface area contributed by atoms with E-state index in [1.807, 2.05) is 22.1 Å². The van der Waals surface area contributed by atoms with E-state index in [0.717, 1.165) is 49.9 Å². The first-order valence-electron chi connectivity index (χ1n) is 12.0. The smallest absolute Gasteiger partial charge is 0.236 e. The molecule has 0 atom stereocenters. The van der Waals surface area contributed by atoms with E-state index in [-0.39, 0.29) is 11.8 Å². The minimum Gasteiger partial charge on any atom is -0.342 e. The number of rotatable bonds is 6. The van der Waals surface area contributed by atoms with Crippen LogP contribution < -0.4 is 0 Å². The molecule has 0 saturated carbocycles. The number of thioether (sulfide) groups is 1. The molecule has 8 heteroatoms. The minimum absolute atomic E-state index is 0.133. The maximum atomic E-state index is 12.9. The van der Waals surface area contributed by atoms with E-state index in [4.69, 9.17) is 0 Å². The lowest BCUT2D eigenvalue weighted by Crippen LogP contribution is -2.52. The number of carbonyl (C=O) groups excluding carboxylic acids is 2. The molecule has 1 aromatic carbocycles. The molecule has 3 heterocycles. The second kappa shape index (κ2) is 11.2. The van der Waals surface area contributed by atoms with Crippen molar-refractivity contribution in [3.63, 3.8) is 0 Å². The van der Waals surface area contributed by atoms with Crippen LogP contribution in [-0.4, -0.2) is 87.6 Å². The molecule has 0 unspecified atom stereocenters. The number of hydrogen-bond acceptors (Lipinski definition) is 5. The Kier molecular flexibility index (Phi) is 8.09. The number of aromatic nitrogens is 2. The molecule has 178 valence electrons. The molecule has 33 heavy (non-hydrogen) atoms. The lowest BCUT2D eigenvalue weighted by Gasteiger charge is -2.35. The third-order valence-corrected chi connectivity index (χ3v) is 7.76. The molecule has 1 aromatic heterocycles. The number of likely N-dealkylation sites (tertiary alicyclic amines) is 1. The van der Waals surface area contributed by atoms with Crippen LogP contribution in [0.3, 0.4) is 0 Å². The number of imidazole rings is 1. The average Bonchev–Trinajstić information content (AvgIpc) is 3.11. The molecular weight excluding hydrogens is 434 g/mol. The zero-order chi connectivity index (χ0) is 23.2. The van der Waals surface area contributed by atoms with Crippen LogP contribution in [0.2, 0.25) is 0 Å². The van der Waals surface area contributed by atoms with Crippen molar-refractivity contribution in [1.82, 2.24) is 24.3 Å². The van der Waals surface area contributed by atoms with Gasteiger partial charge in [0.1, 0.15) is 0 Å². The quantitative estimate of drug-likeness (QED) is 0.609. The number of aryl methyl sites for hydroxylation is 1. The van der Waals surface area contributed by atoms with Crippen LogP contribution >= 0.6 is 11.8 Å². The van der Waals surface area contributed by atoms with Crippen LogP contribution in [0.25, 0.3) is 5.69 Å². The Bertz CT molecular complexity index is 959. The van der Waals surface area contributed by atoms with Crippen molar-refractivity contribution >= 4 is 23.6 Å². The zero-order valence-electron chi connectivity index (χ0n) is 19.8. The van der Waals surface area contributed by atoms with Crippen LogP contribution in [0, 0.1) is 13.8 Å². The number of hydrogen-bond donors (Lipinski definition) is 0. The van der Waals surface area contributed by atoms with E-state index < -0.39 is 0 Å².